The molecule has 0 fully saturated rings. The lowest BCUT2D eigenvalue weighted by Gasteiger charge is -2.18. The fourth-order valence-electron chi connectivity index (χ4n) is 2.35. The second-order valence-corrected chi connectivity index (χ2v) is 7.33. The van der Waals surface area contributed by atoms with Crippen molar-refractivity contribution in [3.05, 3.63) is 29.3 Å². The van der Waals surface area contributed by atoms with Gasteiger partial charge in [-0.1, -0.05) is 32.9 Å². The van der Waals surface area contributed by atoms with E-state index in [9.17, 15) is 8.42 Å². The van der Waals surface area contributed by atoms with Gasteiger partial charge in [0.2, 0.25) is 10.0 Å². The number of benzene rings is 1. The van der Waals surface area contributed by atoms with E-state index in [1.165, 1.54) is 0 Å². The lowest BCUT2D eigenvalue weighted by Crippen LogP contribution is -2.34. The molecular formula is C15H26N2O2S. The summed E-state index contributed by atoms with van der Waals surface area (Å²) in [5, 5.41) is 0. The summed E-state index contributed by atoms with van der Waals surface area (Å²) in [4.78, 5) is 0.360. The van der Waals surface area contributed by atoms with Gasteiger partial charge < -0.3 is 5.73 Å². The molecule has 0 saturated carbocycles. The molecule has 0 aliphatic heterocycles. The highest BCUT2D eigenvalue weighted by Gasteiger charge is 2.21. The lowest BCUT2D eigenvalue weighted by atomic mass is 10.1. The van der Waals surface area contributed by atoms with Crippen molar-refractivity contribution in [2.45, 2.75) is 58.0 Å². The van der Waals surface area contributed by atoms with E-state index in [1.54, 1.807) is 6.07 Å². The van der Waals surface area contributed by atoms with Crippen LogP contribution in [0.3, 0.4) is 0 Å². The predicted octanol–water partition coefficient (Wildman–Crippen LogP) is 2.42. The minimum absolute atomic E-state index is 0.0776. The highest BCUT2D eigenvalue weighted by Crippen LogP contribution is 2.19. The summed E-state index contributed by atoms with van der Waals surface area (Å²) in [6.45, 7) is 8.35. The number of hydrogen-bond acceptors (Lipinski definition) is 3. The molecule has 0 heterocycles. The zero-order chi connectivity index (χ0) is 15.3. The molecule has 0 saturated heterocycles. The van der Waals surface area contributed by atoms with E-state index in [1.807, 2.05) is 26.0 Å². The first-order chi connectivity index (χ1) is 9.30. The zero-order valence-corrected chi connectivity index (χ0v) is 13.6. The zero-order valence-electron chi connectivity index (χ0n) is 12.8. The fourth-order valence-corrected chi connectivity index (χ4v) is 3.97. The van der Waals surface area contributed by atoms with Gasteiger partial charge in [-0.25, -0.2) is 13.1 Å². The third-order valence-corrected chi connectivity index (χ3v) is 4.89. The molecule has 1 aromatic carbocycles. The summed E-state index contributed by atoms with van der Waals surface area (Å²) >= 11 is 0. The van der Waals surface area contributed by atoms with Gasteiger partial charge in [0.15, 0.2) is 0 Å². The van der Waals surface area contributed by atoms with Gasteiger partial charge >= 0.3 is 0 Å². The molecule has 1 atom stereocenters. The number of hydrogen-bond donors (Lipinski definition) is 2. The van der Waals surface area contributed by atoms with E-state index in [-0.39, 0.29) is 6.04 Å². The van der Waals surface area contributed by atoms with Crippen molar-refractivity contribution in [1.82, 2.24) is 4.72 Å². The number of aryl methyl sites for hydroxylation is 1. The second kappa shape index (κ2) is 7.20. The van der Waals surface area contributed by atoms with Crippen molar-refractivity contribution in [2.24, 2.45) is 11.7 Å². The molecule has 4 nitrogen and oxygen atoms in total. The van der Waals surface area contributed by atoms with Gasteiger partial charge in [-0.05, 0) is 42.9 Å². The average Bonchev–Trinajstić information content (AvgIpc) is 2.36. The van der Waals surface area contributed by atoms with Crippen LogP contribution in [0.1, 0.15) is 45.2 Å². The minimum Gasteiger partial charge on any atom is -0.326 e. The molecule has 20 heavy (non-hydrogen) atoms. The Balaban J connectivity index is 3.07. The van der Waals surface area contributed by atoms with Crippen LogP contribution in [0.4, 0.5) is 0 Å². The summed E-state index contributed by atoms with van der Waals surface area (Å²) in [6.07, 6.45) is 1.50. The van der Waals surface area contributed by atoms with Gasteiger partial charge in [-0.15, -0.1) is 0 Å². The molecule has 3 N–H and O–H groups in total. The summed E-state index contributed by atoms with van der Waals surface area (Å²) in [5.74, 6) is 0.453. The minimum atomic E-state index is -3.49. The maximum Gasteiger partial charge on any atom is 0.241 e. The average molecular weight is 298 g/mol. The maximum absolute atomic E-state index is 12.5. The summed E-state index contributed by atoms with van der Waals surface area (Å²) < 4.78 is 27.8. The Bertz CT molecular complexity index is 539. The standard InChI is InChI=1S/C15H26N2O2S/c1-5-14-7-6-13(10-16)9-15(14)20(18,19)17-12(4)8-11(2)3/h6-7,9,11-12,17H,5,8,10,16H2,1-4H3. The summed E-state index contributed by atoms with van der Waals surface area (Å²) in [6, 6.07) is 5.34. The molecular weight excluding hydrogens is 272 g/mol. The van der Waals surface area contributed by atoms with E-state index < -0.39 is 10.0 Å². The quantitative estimate of drug-likeness (QED) is 0.812. The SMILES string of the molecule is CCc1ccc(CN)cc1S(=O)(=O)NC(C)CC(C)C. The molecule has 0 aliphatic rings. The van der Waals surface area contributed by atoms with Crippen molar-refractivity contribution in [3.63, 3.8) is 0 Å². The van der Waals surface area contributed by atoms with Gasteiger partial charge in [0, 0.05) is 12.6 Å². The Morgan fingerprint density at radius 2 is 1.90 bits per heavy atom. The van der Waals surface area contributed by atoms with Crippen molar-refractivity contribution < 1.29 is 8.42 Å². The number of rotatable bonds is 7. The molecule has 1 unspecified atom stereocenters. The Hall–Kier alpha value is -0.910. The Labute approximate surface area is 122 Å². The van der Waals surface area contributed by atoms with Crippen molar-refractivity contribution in [3.8, 4) is 0 Å². The molecule has 5 heteroatoms. The van der Waals surface area contributed by atoms with Gasteiger partial charge in [-0.2, -0.15) is 0 Å². The molecule has 0 aliphatic carbocycles. The van der Waals surface area contributed by atoms with E-state index in [0.717, 1.165) is 17.5 Å². The second-order valence-electron chi connectivity index (χ2n) is 5.65. The third kappa shape index (κ3) is 4.58. The van der Waals surface area contributed by atoms with E-state index in [4.69, 9.17) is 5.73 Å². The molecule has 114 valence electrons. The van der Waals surface area contributed by atoms with Crippen LogP contribution in [0.5, 0.6) is 0 Å². The van der Waals surface area contributed by atoms with Crippen LogP contribution in [-0.4, -0.2) is 14.5 Å². The largest absolute Gasteiger partial charge is 0.326 e. The van der Waals surface area contributed by atoms with E-state index >= 15 is 0 Å². The summed E-state index contributed by atoms with van der Waals surface area (Å²) in [7, 11) is -3.49. The third-order valence-electron chi connectivity index (χ3n) is 3.22. The van der Waals surface area contributed by atoms with Gasteiger partial charge in [0.1, 0.15) is 0 Å². The predicted molar refractivity (Wildman–Crippen MR) is 82.9 cm³/mol. The first-order valence-corrected chi connectivity index (χ1v) is 8.62. The maximum atomic E-state index is 12.5. The Kier molecular flexibility index (Phi) is 6.17. The highest BCUT2D eigenvalue weighted by molar-refractivity contribution is 7.89. The molecule has 0 spiro atoms. The van der Waals surface area contributed by atoms with E-state index in [2.05, 4.69) is 18.6 Å². The molecule has 1 aromatic rings. The Morgan fingerprint density at radius 1 is 1.25 bits per heavy atom. The van der Waals surface area contributed by atoms with Crippen molar-refractivity contribution >= 4 is 10.0 Å². The topological polar surface area (TPSA) is 72.2 Å². The van der Waals surface area contributed by atoms with Crippen LogP contribution in [0, 0.1) is 5.92 Å². The lowest BCUT2D eigenvalue weighted by molar-refractivity contribution is 0.482. The molecule has 0 radical (unpaired) electrons. The number of nitrogens with two attached hydrogens (primary N) is 1. The van der Waals surface area contributed by atoms with E-state index in [0.29, 0.717) is 23.8 Å². The molecule has 1 rings (SSSR count). The van der Waals surface area contributed by atoms with Crippen LogP contribution < -0.4 is 10.5 Å². The monoisotopic (exact) mass is 298 g/mol. The van der Waals surface area contributed by atoms with Gasteiger partial charge in [0.05, 0.1) is 4.90 Å². The highest BCUT2D eigenvalue weighted by atomic mass is 32.2. The van der Waals surface area contributed by atoms with Crippen LogP contribution in [-0.2, 0) is 23.0 Å². The fraction of sp³-hybridized carbons (Fsp3) is 0.600. The van der Waals surface area contributed by atoms with Crippen molar-refractivity contribution in [1.29, 1.82) is 0 Å². The normalized spacial score (nSPS) is 13.7. The smallest absolute Gasteiger partial charge is 0.241 e. The van der Waals surface area contributed by atoms with Gasteiger partial charge in [0.25, 0.3) is 0 Å². The van der Waals surface area contributed by atoms with Crippen molar-refractivity contribution in [2.75, 3.05) is 0 Å². The molecule has 0 amide bonds. The first-order valence-electron chi connectivity index (χ1n) is 7.14. The number of sulfonamides is 1. The van der Waals surface area contributed by atoms with Crippen LogP contribution in [0.25, 0.3) is 0 Å². The first kappa shape index (κ1) is 17.1. The van der Waals surface area contributed by atoms with Gasteiger partial charge in [-0.3, -0.25) is 0 Å². The van der Waals surface area contributed by atoms with Crippen LogP contribution in [0.2, 0.25) is 0 Å². The summed E-state index contributed by atoms with van der Waals surface area (Å²) in [5.41, 5.74) is 7.26. The van der Waals surface area contributed by atoms with Crippen LogP contribution in [0.15, 0.2) is 23.1 Å². The Morgan fingerprint density at radius 3 is 2.40 bits per heavy atom. The molecule has 0 aromatic heterocycles. The number of nitrogens with one attached hydrogen (secondary N) is 1. The van der Waals surface area contributed by atoms with Crippen LogP contribution >= 0.6 is 0 Å². The molecule has 0 bridgehead atoms.